The van der Waals surface area contributed by atoms with E-state index in [1.807, 2.05) is 24.5 Å². The van der Waals surface area contributed by atoms with Crippen LogP contribution in [0.25, 0.3) is 0 Å². The number of nitrogens with zero attached hydrogens (tertiary/aromatic N) is 2. The molecule has 0 amide bonds. The van der Waals surface area contributed by atoms with Crippen LogP contribution >= 0.6 is 0 Å². The molecule has 1 atom stereocenters. The van der Waals surface area contributed by atoms with Crippen LogP contribution in [0.1, 0.15) is 30.5 Å². The molecule has 0 aliphatic carbocycles. The molecule has 1 heterocycles. The predicted octanol–water partition coefficient (Wildman–Crippen LogP) is 4.33. The number of rotatable bonds is 9. The minimum Gasteiger partial charge on any atom is -0.493 e. The Kier molecular flexibility index (Phi) is 7.53. The second-order valence-electron chi connectivity index (χ2n) is 7.80. The van der Waals surface area contributed by atoms with Gasteiger partial charge in [0.05, 0.1) is 26.1 Å². The van der Waals surface area contributed by atoms with Gasteiger partial charge in [0.15, 0.2) is 11.5 Å². The van der Waals surface area contributed by atoms with Crippen molar-refractivity contribution in [2.75, 3.05) is 27.4 Å². The van der Waals surface area contributed by atoms with Crippen molar-refractivity contribution in [2.45, 2.75) is 39.5 Å². The SMILES string of the molecule is COC[C@@H](N=CN1CCc2cc(OC)c(OCc3ccccc3)cc2C1)C(C)C. The van der Waals surface area contributed by atoms with E-state index in [0.29, 0.717) is 19.1 Å². The number of methoxy groups -OCH3 is 2. The van der Waals surface area contributed by atoms with Crippen molar-refractivity contribution < 1.29 is 14.2 Å². The van der Waals surface area contributed by atoms with Crippen molar-refractivity contribution in [3.05, 3.63) is 59.2 Å². The first-order valence-corrected chi connectivity index (χ1v) is 10.2. The van der Waals surface area contributed by atoms with Gasteiger partial charge in [-0.15, -0.1) is 0 Å². The van der Waals surface area contributed by atoms with E-state index in [1.54, 1.807) is 14.2 Å². The molecule has 0 spiro atoms. The molecular formula is C24H32N2O3. The second-order valence-corrected chi connectivity index (χ2v) is 7.80. The Morgan fingerprint density at radius 2 is 1.83 bits per heavy atom. The zero-order valence-electron chi connectivity index (χ0n) is 17.9. The minimum atomic E-state index is 0.182. The van der Waals surface area contributed by atoms with E-state index >= 15 is 0 Å². The van der Waals surface area contributed by atoms with Crippen LogP contribution in [0.2, 0.25) is 0 Å². The first kappa shape index (κ1) is 21.2. The first-order chi connectivity index (χ1) is 14.1. The van der Waals surface area contributed by atoms with E-state index in [4.69, 9.17) is 19.2 Å². The van der Waals surface area contributed by atoms with Crippen LogP contribution in [-0.4, -0.2) is 44.7 Å². The Balaban J connectivity index is 1.71. The third-order valence-corrected chi connectivity index (χ3v) is 5.29. The monoisotopic (exact) mass is 396 g/mol. The fourth-order valence-corrected chi connectivity index (χ4v) is 3.45. The first-order valence-electron chi connectivity index (χ1n) is 10.2. The van der Waals surface area contributed by atoms with Gasteiger partial charge in [-0.3, -0.25) is 4.99 Å². The van der Waals surface area contributed by atoms with E-state index in [9.17, 15) is 0 Å². The van der Waals surface area contributed by atoms with Crippen molar-refractivity contribution in [1.82, 2.24) is 4.90 Å². The lowest BCUT2D eigenvalue weighted by Crippen LogP contribution is -2.31. The topological polar surface area (TPSA) is 43.3 Å². The van der Waals surface area contributed by atoms with Gasteiger partial charge in [-0.05, 0) is 41.2 Å². The molecule has 0 saturated heterocycles. The Hall–Kier alpha value is -2.53. The molecule has 5 nitrogen and oxygen atoms in total. The zero-order valence-corrected chi connectivity index (χ0v) is 17.9. The van der Waals surface area contributed by atoms with Crippen LogP contribution in [-0.2, 0) is 24.3 Å². The second kappa shape index (κ2) is 10.3. The summed E-state index contributed by atoms with van der Waals surface area (Å²) >= 11 is 0. The van der Waals surface area contributed by atoms with Crippen molar-refractivity contribution in [1.29, 1.82) is 0 Å². The molecule has 156 valence electrons. The van der Waals surface area contributed by atoms with Gasteiger partial charge in [0.2, 0.25) is 0 Å². The quantitative estimate of drug-likeness (QED) is 0.467. The van der Waals surface area contributed by atoms with E-state index < -0.39 is 0 Å². The Labute approximate surface area is 174 Å². The van der Waals surface area contributed by atoms with E-state index in [2.05, 4.69) is 43.0 Å². The summed E-state index contributed by atoms with van der Waals surface area (Å²) in [5.41, 5.74) is 3.72. The van der Waals surface area contributed by atoms with Crippen LogP contribution in [0, 0.1) is 5.92 Å². The molecule has 2 aromatic rings. The largest absolute Gasteiger partial charge is 0.493 e. The molecule has 0 unspecified atom stereocenters. The lowest BCUT2D eigenvalue weighted by Gasteiger charge is -2.28. The smallest absolute Gasteiger partial charge is 0.162 e. The maximum absolute atomic E-state index is 6.08. The van der Waals surface area contributed by atoms with Gasteiger partial charge in [-0.1, -0.05) is 44.2 Å². The van der Waals surface area contributed by atoms with Gasteiger partial charge < -0.3 is 19.1 Å². The summed E-state index contributed by atoms with van der Waals surface area (Å²) in [6.07, 6.45) is 2.95. The van der Waals surface area contributed by atoms with Crippen molar-refractivity contribution in [3.8, 4) is 11.5 Å². The summed E-state index contributed by atoms with van der Waals surface area (Å²) in [6, 6.07) is 14.6. The average molecular weight is 397 g/mol. The van der Waals surface area contributed by atoms with Gasteiger partial charge in [0.1, 0.15) is 6.61 Å². The maximum Gasteiger partial charge on any atom is 0.162 e. The molecule has 0 N–H and O–H groups in total. The van der Waals surface area contributed by atoms with E-state index in [1.165, 1.54) is 11.1 Å². The molecular weight excluding hydrogens is 364 g/mol. The zero-order chi connectivity index (χ0) is 20.6. The highest BCUT2D eigenvalue weighted by atomic mass is 16.5. The Morgan fingerprint density at radius 1 is 1.07 bits per heavy atom. The van der Waals surface area contributed by atoms with Crippen LogP contribution in [0.5, 0.6) is 11.5 Å². The van der Waals surface area contributed by atoms with Crippen LogP contribution < -0.4 is 9.47 Å². The van der Waals surface area contributed by atoms with Crippen molar-refractivity contribution >= 4 is 6.34 Å². The minimum absolute atomic E-state index is 0.182. The molecule has 3 rings (SSSR count). The molecule has 0 fully saturated rings. The molecule has 0 aromatic heterocycles. The van der Waals surface area contributed by atoms with Gasteiger partial charge in [0, 0.05) is 20.2 Å². The number of hydrogen-bond donors (Lipinski definition) is 0. The molecule has 0 bridgehead atoms. The molecule has 0 radical (unpaired) electrons. The third kappa shape index (κ3) is 5.73. The fourth-order valence-electron chi connectivity index (χ4n) is 3.45. The normalized spacial score (nSPS) is 14.9. The molecule has 1 aliphatic rings. The van der Waals surface area contributed by atoms with Gasteiger partial charge in [0.25, 0.3) is 0 Å². The summed E-state index contributed by atoms with van der Waals surface area (Å²) in [4.78, 5) is 7.03. The lowest BCUT2D eigenvalue weighted by molar-refractivity contribution is 0.164. The highest BCUT2D eigenvalue weighted by Crippen LogP contribution is 2.34. The summed E-state index contributed by atoms with van der Waals surface area (Å²) in [7, 11) is 3.42. The van der Waals surface area contributed by atoms with Gasteiger partial charge in [-0.25, -0.2) is 0 Å². The molecule has 1 aliphatic heterocycles. The Morgan fingerprint density at radius 3 is 2.52 bits per heavy atom. The van der Waals surface area contributed by atoms with Gasteiger partial charge >= 0.3 is 0 Å². The number of hydrogen-bond acceptors (Lipinski definition) is 4. The summed E-state index contributed by atoms with van der Waals surface area (Å²) < 4.78 is 17.0. The molecule has 5 heteroatoms. The number of fused-ring (bicyclic) bond motifs is 1. The summed E-state index contributed by atoms with van der Waals surface area (Å²) in [6.45, 7) is 7.29. The van der Waals surface area contributed by atoms with Crippen molar-refractivity contribution in [3.63, 3.8) is 0 Å². The van der Waals surface area contributed by atoms with E-state index in [-0.39, 0.29) is 6.04 Å². The lowest BCUT2D eigenvalue weighted by atomic mass is 9.99. The summed E-state index contributed by atoms with van der Waals surface area (Å²) in [5, 5.41) is 0. The maximum atomic E-state index is 6.08. The Bertz CT molecular complexity index is 805. The standard InChI is InChI=1S/C24H32N2O3/c1-18(2)22(16-27-3)25-17-26-11-10-20-12-23(28-4)24(13-21(20)14-26)29-15-19-8-6-5-7-9-19/h5-9,12-13,17-18,22H,10-11,14-16H2,1-4H3/t22-/m1/s1. The molecule has 29 heavy (non-hydrogen) atoms. The average Bonchev–Trinajstić information content (AvgIpc) is 2.74. The number of aliphatic imine (C=N–C) groups is 1. The number of benzene rings is 2. The van der Waals surface area contributed by atoms with E-state index in [0.717, 1.165) is 36.6 Å². The molecule has 2 aromatic carbocycles. The van der Waals surface area contributed by atoms with Gasteiger partial charge in [-0.2, -0.15) is 0 Å². The summed E-state index contributed by atoms with van der Waals surface area (Å²) in [5.74, 6) is 2.03. The fraction of sp³-hybridized carbons (Fsp3) is 0.458. The number of ether oxygens (including phenoxy) is 3. The highest BCUT2D eigenvalue weighted by molar-refractivity contribution is 5.58. The van der Waals surface area contributed by atoms with Crippen molar-refractivity contribution in [2.24, 2.45) is 10.9 Å². The van der Waals surface area contributed by atoms with Crippen LogP contribution in [0.15, 0.2) is 47.5 Å². The predicted molar refractivity (Wildman–Crippen MR) is 117 cm³/mol. The molecule has 0 saturated carbocycles. The van der Waals surface area contributed by atoms with Crippen LogP contribution in [0.4, 0.5) is 0 Å². The third-order valence-electron chi connectivity index (χ3n) is 5.29. The highest BCUT2D eigenvalue weighted by Gasteiger charge is 2.19. The van der Waals surface area contributed by atoms with Crippen LogP contribution in [0.3, 0.4) is 0 Å².